The summed E-state index contributed by atoms with van der Waals surface area (Å²) in [5.41, 5.74) is 4.81. The van der Waals surface area contributed by atoms with E-state index in [-0.39, 0.29) is 12.0 Å². The maximum Gasteiger partial charge on any atom is 0.331 e. The highest BCUT2D eigenvalue weighted by molar-refractivity contribution is 5.77. The summed E-state index contributed by atoms with van der Waals surface area (Å²) in [7, 11) is 0. The van der Waals surface area contributed by atoms with Crippen LogP contribution in [0.2, 0.25) is 0 Å². The van der Waals surface area contributed by atoms with Crippen molar-refractivity contribution in [2.75, 3.05) is 29.0 Å². The standard InChI is InChI=1S/C16H23N7O2/c1-11(2)19-12-10-13(21-15(17)20-12)22-8-4-16(5-9-22,14(24)25)23-7-3-6-18-23/h3,6-7,10-11H,4-5,8-9H2,1-2H3,(H,24,25)(H3,17,19,20,21). The number of nitrogen functional groups attached to an aromatic ring is 1. The predicted octanol–water partition coefficient (Wildman–Crippen LogP) is 1.16. The summed E-state index contributed by atoms with van der Waals surface area (Å²) in [6, 6.07) is 3.81. The number of carbonyl (C=O) groups is 1. The number of piperidine rings is 1. The topological polar surface area (TPSA) is 122 Å². The number of aliphatic carboxylic acids is 1. The van der Waals surface area contributed by atoms with E-state index in [1.165, 1.54) is 0 Å². The number of nitrogens with zero attached hydrogens (tertiary/aromatic N) is 5. The van der Waals surface area contributed by atoms with Crippen LogP contribution in [-0.2, 0) is 10.3 Å². The summed E-state index contributed by atoms with van der Waals surface area (Å²) in [6.45, 7) is 5.13. The Kier molecular flexibility index (Phi) is 4.47. The Morgan fingerprint density at radius 3 is 2.64 bits per heavy atom. The number of rotatable bonds is 5. The molecule has 0 unspecified atom stereocenters. The molecule has 0 aliphatic carbocycles. The molecule has 0 saturated carbocycles. The second kappa shape index (κ2) is 6.58. The third-order valence-electron chi connectivity index (χ3n) is 4.42. The van der Waals surface area contributed by atoms with Crippen LogP contribution in [0.25, 0.3) is 0 Å². The first-order valence-electron chi connectivity index (χ1n) is 8.30. The van der Waals surface area contributed by atoms with Gasteiger partial charge in [-0.15, -0.1) is 0 Å². The minimum Gasteiger partial charge on any atom is -0.479 e. The molecule has 9 heteroatoms. The van der Waals surface area contributed by atoms with Crippen LogP contribution in [0, 0.1) is 0 Å². The first-order chi connectivity index (χ1) is 11.9. The van der Waals surface area contributed by atoms with Crippen molar-refractivity contribution >= 4 is 23.6 Å². The lowest BCUT2D eigenvalue weighted by atomic mass is 9.87. The van der Waals surface area contributed by atoms with Crippen LogP contribution in [0.15, 0.2) is 24.5 Å². The maximum atomic E-state index is 11.9. The molecule has 1 aliphatic heterocycles. The number of hydrogen-bond acceptors (Lipinski definition) is 7. The lowest BCUT2D eigenvalue weighted by molar-refractivity contribution is -0.149. The summed E-state index contributed by atoms with van der Waals surface area (Å²) >= 11 is 0. The minimum atomic E-state index is -1.02. The van der Waals surface area contributed by atoms with Gasteiger partial charge in [0.25, 0.3) is 0 Å². The van der Waals surface area contributed by atoms with Crippen molar-refractivity contribution in [3.8, 4) is 0 Å². The van der Waals surface area contributed by atoms with Crippen molar-refractivity contribution < 1.29 is 9.90 Å². The maximum absolute atomic E-state index is 11.9. The highest BCUT2D eigenvalue weighted by Gasteiger charge is 2.44. The Hall–Kier alpha value is -2.84. The van der Waals surface area contributed by atoms with E-state index in [2.05, 4.69) is 20.4 Å². The zero-order chi connectivity index (χ0) is 18.0. The van der Waals surface area contributed by atoms with E-state index in [1.54, 1.807) is 23.1 Å². The van der Waals surface area contributed by atoms with Gasteiger partial charge in [0.2, 0.25) is 5.95 Å². The quantitative estimate of drug-likeness (QED) is 0.738. The molecule has 2 aromatic heterocycles. The zero-order valence-corrected chi connectivity index (χ0v) is 14.4. The van der Waals surface area contributed by atoms with E-state index in [9.17, 15) is 9.90 Å². The summed E-state index contributed by atoms with van der Waals surface area (Å²) in [5, 5.41) is 17.1. The van der Waals surface area contributed by atoms with E-state index >= 15 is 0 Å². The van der Waals surface area contributed by atoms with E-state index in [4.69, 9.17) is 5.73 Å². The molecular formula is C16H23N7O2. The molecule has 0 aromatic carbocycles. The molecule has 3 heterocycles. The Morgan fingerprint density at radius 2 is 2.08 bits per heavy atom. The average Bonchev–Trinajstić information content (AvgIpc) is 3.08. The molecule has 3 rings (SSSR count). The van der Waals surface area contributed by atoms with Gasteiger partial charge in [-0.25, -0.2) is 4.79 Å². The Bertz CT molecular complexity index is 737. The van der Waals surface area contributed by atoms with E-state index in [0.717, 1.165) is 0 Å². The van der Waals surface area contributed by atoms with Crippen LogP contribution < -0.4 is 16.0 Å². The van der Waals surface area contributed by atoms with Crippen molar-refractivity contribution in [2.24, 2.45) is 0 Å². The smallest absolute Gasteiger partial charge is 0.331 e. The number of hydrogen-bond donors (Lipinski definition) is 3. The normalized spacial score (nSPS) is 16.8. The van der Waals surface area contributed by atoms with Gasteiger partial charge in [0, 0.05) is 50.4 Å². The molecule has 1 fully saturated rings. The number of aromatic nitrogens is 4. The highest BCUT2D eigenvalue weighted by Crippen LogP contribution is 2.32. The van der Waals surface area contributed by atoms with Crippen LogP contribution in [0.1, 0.15) is 26.7 Å². The van der Waals surface area contributed by atoms with Crippen LogP contribution in [-0.4, -0.2) is 50.0 Å². The van der Waals surface area contributed by atoms with Gasteiger partial charge in [-0.05, 0) is 19.9 Å². The van der Waals surface area contributed by atoms with Crippen LogP contribution in [0.3, 0.4) is 0 Å². The summed E-state index contributed by atoms with van der Waals surface area (Å²) < 4.78 is 1.55. The lowest BCUT2D eigenvalue weighted by Gasteiger charge is -2.39. The fourth-order valence-corrected chi connectivity index (χ4v) is 3.15. The van der Waals surface area contributed by atoms with Gasteiger partial charge in [0.1, 0.15) is 11.6 Å². The Morgan fingerprint density at radius 1 is 1.36 bits per heavy atom. The summed E-state index contributed by atoms with van der Waals surface area (Å²) in [4.78, 5) is 22.4. The molecule has 0 amide bonds. The number of carboxylic acid groups (broad SMARTS) is 1. The fraction of sp³-hybridized carbons (Fsp3) is 0.500. The van der Waals surface area contributed by atoms with Crippen molar-refractivity contribution in [1.82, 2.24) is 19.7 Å². The highest BCUT2D eigenvalue weighted by atomic mass is 16.4. The first-order valence-corrected chi connectivity index (χ1v) is 8.30. The van der Waals surface area contributed by atoms with Crippen LogP contribution in [0.5, 0.6) is 0 Å². The van der Waals surface area contributed by atoms with Crippen molar-refractivity contribution in [1.29, 1.82) is 0 Å². The van der Waals surface area contributed by atoms with Gasteiger partial charge >= 0.3 is 5.97 Å². The molecule has 2 aromatic rings. The molecule has 1 saturated heterocycles. The average molecular weight is 345 g/mol. The van der Waals surface area contributed by atoms with E-state index in [1.807, 2.05) is 24.8 Å². The third-order valence-corrected chi connectivity index (χ3v) is 4.42. The molecule has 0 radical (unpaired) electrons. The predicted molar refractivity (Wildman–Crippen MR) is 94.5 cm³/mol. The fourth-order valence-electron chi connectivity index (χ4n) is 3.15. The van der Waals surface area contributed by atoms with Crippen molar-refractivity contribution in [3.05, 3.63) is 24.5 Å². The van der Waals surface area contributed by atoms with Crippen LogP contribution in [0.4, 0.5) is 17.6 Å². The third kappa shape index (κ3) is 3.35. The molecule has 1 aliphatic rings. The Balaban J connectivity index is 1.80. The van der Waals surface area contributed by atoms with Gasteiger partial charge in [0.05, 0.1) is 0 Å². The van der Waals surface area contributed by atoms with Gasteiger partial charge < -0.3 is 21.1 Å². The molecule has 0 atom stereocenters. The molecule has 0 spiro atoms. The second-order valence-corrected chi connectivity index (χ2v) is 6.54. The summed E-state index contributed by atoms with van der Waals surface area (Å²) in [6.07, 6.45) is 4.17. The second-order valence-electron chi connectivity index (χ2n) is 6.54. The largest absolute Gasteiger partial charge is 0.479 e. The first kappa shape index (κ1) is 17.0. The molecule has 134 valence electrons. The Labute approximate surface area is 145 Å². The SMILES string of the molecule is CC(C)Nc1cc(N2CCC(C(=O)O)(n3cccn3)CC2)nc(N)n1. The number of nitrogens with one attached hydrogen (secondary N) is 1. The molecule has 4 N–H and O–H groups in total. The van der Waals surface area contributed by atoms with Gasteiger partial charge in [-0.1, -0.05) is 0 Å². The van der Waals surface area contributed by atoms with Gasteiger partial charge in [0.15, 0.2) is 5.54 Å². The number of nitrogens with two attached hydrogens (primary N) is 1. The zero-order valence-electron chi connectivity index (χ0n) is 14.4. The lowest BCUT2D eigenvalue weighted by Crippen LogP contribution is -2.51. The summed E-state index contributed by atoms with van der Waals surface area (Å²) in [5.74, 6) is 0.706. The minimum absolute atomic E-state index is 0.197. The number of carboxylic acids is 1. The van der Waals surface area contributed by atoms with Crippen molar-refractivity contribution in [2.45, 2.75) is 38.3 Å². The molecule has 25 heavy (non-hydrogen) atoms. The van der Waals surface area contributed by atoms with E-state index in [0.29, 0.717) is 37.6 Å². The monoisotopic (exact) mass is 345 g/mol. The van der Waals surface area contributed by atoms with Gasteiger partial charge in [-0.2, -0.15) is 15.1 Å². The molecule has 0 bridgehead atoms. The van der Waals surface area contributed by atoms with Crippen molar-refractivity contribution in [3.63, 3.8) is 0 Å². The molecular weight excluding hydrogens is 322 g/mol. The molecule has 9 nitrogen and oxygen atoms in total. The van der Waals surface area contributed by atoms with Gasteiger partial charge in [-0.3, -0.25) is 4.68 Å². The van der Waals surface area contributed by atoms with Crippen LogP contribution >= 0.6 is 0 Å². The number of anilines is 3. The van der Waals surface area contributed by atoms with E-state index < -0.39 is 11.5 Å².